The number of hydrogen-bond acceptors (Lipinski definition) is 4. The number of rotatable bonds is 6. The highest BCUT2D eigenvalue weighted by molar-refractivity contribution is 7.89. The fourth-order valence-electron chi connectivity index (χ4n) is 1.71. The van der Waals surface area contributed by atoms with Crippen LogP contribution in [0.4, 0.5) is 10.1 Å². The molecule has 1 unspecified atom stereocenters. The SMILES string of the molecule is CCC(CCO)NS(=O)(=O)c1cc(C)c(F)c(N)c1. The van der Waals surface area contributed by atoms with Crippen molar-refractivity contribution in [3.63, 3.8) is 0 Å². The number of sulfonamides is 1. The number of nitrogens with one attached hydrogen (secondary N) is 1. The van der Waals surface area contributed by atoms with Gasteiger partial charge in [0.05, 0.1) is 10.6 Å². The Morgan fingerprint density at radius 3 is 2.58 bits per heavy atom. The van der Waals surface area contributed by atoms with Crippen LogP contribution >= 0.6 is 0 Å². The third-order valence-corrected chi connectivity index (χ3v) is 4.36. The van der Waals surface area contributed by atoms with Crippen molar-refractivity contribution in [2.75, 3.05) is 12.3 Å². The molecule has 0 spiro atoms. The highest BCUT2D eigenvalue weighted by Crippen LogP contribution is 2.21. The van der Waals surface area contributed by atoms with E-state index in [9.17, 15) is 12.8 Å². The van der Waals surface area contributed by atoms with Gasteiger partial charge in [0, 0.05) is 12.6 Å². The minimum atomic E-state index is -3.76. The quantitative estimate of drug-likeness (QED) is 0.685. The zero-order valence-electron chi connectivity index (χ0n) is 11.0. The van der Waals surface area contributed by atoms with Crippen molar-refractivity contribution < 1.29 is 17.9 Å². The molecule has 5 nitrogen and oxygen atoms in total. The molecule has 7 heteroatoms. The van der Waals surface area contributed by atoms with Gasteiger partial charge in [-0.25, -0.2) is 17.5 Å². The summed E-state index contributed by atoms with van der Waals surface area (Å²) in [4.78, 5) is -0.0692. The van der Waals surface area contributed by atoms with E-state index in [0.29, 0.717) is 12.8 Å². The molecule has 1 aromatic rings. The molecule has 0 aliphatic heterocycles. The minimum absolute atomic E-state index is 0.0692. The Kier molecular flexibility index (Phi) is 5.28. The van der Waals surface area contributed by atoms with Crippen LogP contribution in [-0.2, 0) is 10.0 Å². The highest BCUT2D eigenvalue weighted by Gasteiger charge is 2.20. The van der Waals surface area contributed by atoms with Gasteiger partial charge in [-0.3, -0.25) is 0 Å². The highest BCUT2D eigenvalue weighted by atomic mass is 32.2. The Bertz CT molecular complexity index is 523. The van der Waals surface area contributed by atoms with Crippen molar-refractivity contribution >= 4 is 15.7 Å². The summed E-state index contributed by atoms with van der Waals surface area (Å²) in [7, 11) is -3.76. The molecule has 0 fully saturated rings. The van der Waals surface area contributed by atoms with Crippen LogP contribution in [0.1, 0.15) is 25.3 Å². The number of halogens is 1. The van der Waals surface area contributed by atoms with Crippen LogP contribution in [0.5, 0.6) is 0 Å². The first-order valence-corrected chi connectivity index (χ1v) is 7.49. The van der Waals surface area contributed by atoms with Crippen molar-refractivity contribution in [1.29, 1.82) is 0 Å². The standard InChI is InChI=1S/C12H19FN2O3S/c1-3-9(4-5-16)15-19(17,18)10-6-8(2)12(13)11(14)7-10/h6-7,9,15-16H,3-5,14H2,1-2H3. The molecule has 4 N–H and O–H groups in total. The summed E-state index contributed by atoms with van der Waals surface area (Å²) < 4.78 is 40.1. The second kappa shape index (κ2) is 6.31. The molecule has 0 saturated heterocycles. The average Bonchev–Trinajstić information content (AvgIpc) is 2.34. The summed E-state index contributed by atoms with van der Waals surface area (Å²) in [5, 5.41) is 8.86. The monoisotopic (exact) mass is 290 g/mol. The molecular weight excluding hydrogens is 271 g/mol. The van der Waals surface area contributed by atoms with Crippen molar-refractivity contribution in [2.24, 2.45) is 0 Å². The summed E-state index contributed by atoms with van der Waals surface area (Å²) in [5.41, 5.74) is 5.41. The van der Waals surface area contributed by atoms with E-state index in [0.717, 1.165) is 6.07 Å². The van der Waals surface area contributed by atoms with E-state index < -0.39 is 15.8 Å². The third kappa shape index (κ3) is 3.89. The summed E-state index contributed by atoms with van der Waals surface area (Å²) in [6.07, 6.45) is 0.876. The lowest BCUT2D eigenvalue weighted by Crippen LogP contribution is -2.35. The second-order valence-electron chi connectivity index (χ2n) is 4.38. The van der Waals surface area contributed by atoms with Crippen molar-refractivity contribution in [3.05, 3.63) is 23.5 Å². The Morgan fingerprint density at radius 2 is 2.11 bits per heavy atom. The minimum Gasteiger partial charge on any atom is -0.396 e. The maximum Gasteiger partial charge on any atom is 0.240 e. The summed E-state index contributed by atoms with van der Waals surface area (Å²) in [5.74, 6) is -0.610. The Morgan fingerprint density at radius 1 is 1.47 bits per heavy atom. The van der Waals surface area contributed by atoms with Crippen LogP contribution in [0.25, 0.3) is 0 Å². The van der Waals surface area contributed by atoms with Gasteiger partial charge < -0.3 is 10.8 Å². The molecule has 0 heterocycles. The number of aliphatic hydroxyl groups excluding tert-OH is 1. The van der Waals surface area contributed by atoms with Crippen LogP contribution < -0.4 is 10.5 Å². The van der Waals surface area contributed by atoms with Gasteiger partial charge in [0.1, 0.15) is 5.82 Å². The lowest BCUT2D eigenvalue weighted by Gasteiger charge is -2.16. The number of aryl methyl sites for hydroxylation is 1. The third-order valence-electron chi connectivity index (χ3n) is 2.86. The van der Waals surface area contributed by atoms with Crippen LogP contribution in [0.15, 0.2) is 17.0 Å². The summed E-state index contributed by atoms with van der Waals surface area (Å²) in [6, 6.07) is 1.97. The van der Waals surface area contributed by atoms with E-state index in [2.05, 4.69) is 4.72 Å². The van der Waals surface area contributed by atoms with E-state index >= 15 is 0 Å². The summed E-state index contributed by atoms with van der Waals surface area (Å²) >= 11 is 0. The van der Waals surface area contributed by atoms with Crippen LogP contribution in [0, 0.1) is 12.7 Å². The fraction of sp³-hybridized carbons (Fsp3) is 0.500. The van der Waals surface area contributed by atoms with Crippen LogP contribution in [-0.4, -0.2) is 26.2 Å². The molecule has 19 heavy (non-hydrogen) atoms. The van der Waals surface area contributed by atoms with E-state index in [1.165, 1.54) is 13.0 Å². The normalized spacial score (nSPS) is 13.5. The maximum absolute atomic E-state index is 13.4. The molecule has 0 aliphatic carbocycles. The number of aliphatic hydroxyl groups is 1. The molecule has 0 aliphatic rings. The average molecular weight is 290 g/mol. The van der Waals surface area contributed by atoms with Gasteiger partial charge in [-0.15, -0.1) is 0 Å². The second-order valence-corrected chi connectivity index (χ2v) is 6.10. The lowest BCUT2D eigenvalue weighted by molar-refractivity contribution is 0.270. The maximum atomic E-state index is 13.4. The van der Waals surface area contributed by atoms with E-state index in [1.54, 1.807) is 0 Å². The number of nitrogens with two attached hydrogens (primary N) is 1. The molecule has 108 valence electrons. The Hall–Kier alpha value is -1.18. The van der Waals surface area contributed by atoms with Gasteiger partial charge in [0.25, 0.3) is 0 Å². The number of nitrogen functional groups attached to an aromatic ring is 1. The molecule has 1 rings (SSSR count). The van der Waals surface area contributed by atoms with Gasteiger partial charge in [0.2, 0.25) is 10.0 Å². The van der Waals surface area contributed by atoms with Gasteiger partial charge in [0.15, 0.2) is 0 Å². The fourth-order valence-corrected chi connectivity index (χ4v) is 3.18. The number of hydrogen-bond donors (Lipinski definition) is 3. The van der Waals surface area contributed by atoms with Gasteiger partial charge in [-0.2, -0.15) is 0 Å². The number of anilines is 1. The van der Waals surface area contributed by atoms with Crippen molar-refractivity contribution in [2.45, 2.75) is 37.6 Å². The molecule has 0 saturated carbocycles. The topological polar surface area (TPSA) is 92.4 Å². The number of benzene rings is 1. The predicted molar refractivity (Wildman–Crippen MR) is 71.7 cm³/mol. The molecule has 1 aromatic carbocycles. The first-order valence-electron chi connectivity index (χ1n) is 6.00. The van der Waals surface area contributed by atoms with E-state index in [1.807, 2.05) is 6.92 Å². The van der Waals surface area contributed by atoms with Gasteiger partial charge in [-0.1, -0.05) is 6.92 Å². The van der Waals surface area contributed by atoms with Gasteiger partial charge in [-0.05, 0) is 37.5 Å². The molecular formula is C12H19FN2O3S. The molecule has 1 atom stereocenters. The van der Waals surface area contributed by atoms with Crippen molar-refractivity contribution in [3.8, 4) is 0 Å². The first kappa shape index (κ1) is 15.9. The Labute approximate surface area is 112 Å². The Balaban J connectivity index is 3.07. The lowest BCUT2D eigenvalue weighted by atomic mass is 10.2. The summed E-state index contributed by atoms with van der Waals surface area (Å²) in [6.45, 7) is 3.16. The van der Waals surface area contributed by atoms with E-state index in [4.69, 9.17) is 10.8 Å². The van der Waals surface area contributed by atoms with Crippen LogP contribution in [0.3, 0.4) is 0 Å². The van der Waals surface area contributed by atoms with Gasteiger partial charge >= 0.3 is 0 Å². The zero-order valence-corrected chi connectivity index (χ0v) is 11.8. The van der Waals surface area contributed by atoms with Crippen LogP contribution in [0.2, 0.25) is 0 Å². The largest absolute Gasteiger partial charge is 0.396 e. The molecule has 0 amide bonds. The zero-order chi connectivity index (χ0) is 14.6. The predicted octanol–water partition coefficient (Wildman–Crippen LogP) is 1.16. The molecule has 0 radical (unpaired) electrons. The molecule has 0 bridgehead atoms. The first-order chi connectivity index (χ1) is 8.81. The van der Waals surface area contributed by atoms with E-state index in [-0.39, 0.29) is 28.8 Å². The smallest absolute Gasteiger partial charge is 0.240 e. The molecule has 0 aromatic heterocycles. The van der Waals surface area contributed by atoms with Crippen molar-refractivity contribution in [1.82, 2.24) is 4.72 Å².